The molecule has 1 N–H and O–H groups in total. The van der Waals surface area contributed by atoms with E-state index in [0.717, 1.165) is 12.1 Å². The highest BCUT2D eigenvalue weighted by Crippen LogP contribution is 2.30. The molecule has 2 aromatic rings. The molecule has 0 radical (unpaired) electrons. The summed E-state index contributed by atoms with van der Waals surface area (Å²) in [7, 11) is 0. The molecule has 1 aromatic carbocycles. The Kier molecular flexibility index (Phi) is 3.66. The first-order valence-electron chi connectivity index (χ1n) is 5.26. The Bertz CT molecular complexity index is 538. The van der Waals surface area contributed by atoms with Crippen molar-refractivity contribution in [3.8, 4) is 11.6 Å². The quantitative estimate of drug-likeness (QED) is 0.931. The van der Waals surface area contributed by atoms with Crippen LogP contribution >= 0.6 is 0 Å². The van der Waals surface area contributed by atoms with Crippen LogP contribution in [0.15, 0.2) is 36.7 Å². The Morgan fingerprint density at radius 2 is 1.74 bits per heavy atom. The molecule has 19 heavy (non-hydrogen) atoms. The molecule has 0 fully saturated rings. The molecule has 7 heteroatoms. The molecule has 0 atom stereocenters. The number of hydrogen-bond donors (Lipinski definition) is 1. The summed E-state index contributed by atoms with van der Waals surface area (Å²) in [6.07, 6.45) is -1.77. The fourth-order valence-corrected chi connectivity index (χ4v) is 1.31. The second kappa shape index (κ2) is 5.23. The second-order valence-corrected chi connectivity index (χ2v) is 3.63. The van der Waals surface area contributed by atoms with E-state index in [1.165, 1.54) is 24.5 Å². The first kappa shape index (κ1) is 13.3. The van der Waals surface area contributed by atoms with Crippen molar-refractivity contribution in [2.24, 2.45) is 0 Å². The maximum atomic E-state index is 12.3. The molecule has 0 unspecified atom stereocenters. The van der Waals surface area contributed by atoms with Gasteiger partial charge in [0.25, 0.3) is 0 Å². The predicted molar refractivity (Wildman–Crippen MR) is 59.5 cm³/mol. The SMILES string of the molecule is OCc1cnc(Oc2ccc(C(F)(F)F)cc2)cn1. The largest absolute Gasteiger partial charge is 0.438 e. The highest BCUT2D eigenvalue weighted by molar-refractivity contribution is 5.31. The summed E-state index contributed by atoms with van der Waals surface area (Å²) in [5, 5.41) is 8.78. The van der Waals surface area contributed by atoms with E-state index in [0.29, 0.717) is 5.69 Å². The number of hydrogen-bond acceptors (Lipinski definition) is 4. The molecule has 0 saturated heterocycles. The van der Waals surface area contributed by atoms with Crippen LogP contribution in [0.5, 0.6) is 11.6 Å². The molecule has 100 valence electrons. The lowest BCUT2D eigenvalue weighted by Crippen LogP contribution is -2.04. The zero-order valence-corrected chi connectivity index (χ0v) is 9.55. The van der Waals surface area contributed by atoms with Crippen LogP contribution < -0.4 is 4.74 Å². The lowest BCUT2D eigenvalue weighted by Gasteiger charge is -2.08. The van der Waals surface area contributed by atoms with Crippen LogP contribution in [0, 0.1) is 0 Å². The van der Waals surface area contributed by atoms with Crippen molar-refractivity contribution in [3.63, 3.8) is 0 Å². The van der Waals surface area contributed by atoms with E-state index in [1.54, 1.807) is 0 Å². The average Bonchev–Trinajstić information content (AvgIpc) is 2.39. The van der Waals surface area contributed by atoms with Gasteiger partial charge in [-0.15, -0.1) is 0 Å². The van der Waals surface area contributed by atoms with Gasteiger partial charge in [0.15, 0.2) is 0 Å². The smallest absolute Gasteiger partial charge is 0.416 e. The summed E-state index contributed by atoms with van der Waals surface area (Å²) < 4.78 is 42.3. The molecule has 0 bridgehead atoms. The van der Waals surface area contributed by atoms with Crippen LogP contribution in [0.4, 0.5) is 13.2 Å². The third-order valence-electron chi connectivity index (χ3n) is 2.25. The lowest BCUT2D eigenvalue weighted by atomic mass is 10.2. The number of benzene rings is 1. The molecule has 0 spiro atoms. The number of halogens is 3. The summed E-state index contributed by atoms with van der Waals surface area (Å²) in [5.74, 6) is 0.357. The van der Waals surface area contributed by atoms with E-state index >= 15 is 0 Å². The number of aliphatic hydroxyl groups is 1. The Hall–Kier alpha value is -2.15. The van der Waals surface area contributed by atoms with Gasteiger partial charge in [0.05, 0.1) is 30.3 Å². The van der Waals surface area contributed by atoms with Crippen LogP contribution in [-0.2, 0) is 12.8 Å². The van der Waals surface area contributed by atoms with Crippen molar-refractivity contribution in [1.82, 2.24) is 9.97 Å². The Morgan fingerprint density at radius 3 is 2.21 bits per heavy atom. The molecular weight excluding hydrogens is 261 g/mol. The van der Waals surface area contributed by atoms with Crippen molar-refractivity contribution < 1.29 is 23.0 Å². The first-order chi connectivity index (χ1) is 8.99. The van der Waals surface area contributed by atoms with Gasteiger partial charge >= 0.3 is 6.18 Å². The van der Waals surface area contributed by atoms with E-state index in [9.17, 15) is 13.2 Å². The molecule has 0 aliphatic heterocycles. The highest BCUT2D eigenvalue weighted by atomic mass is 19.4. The minimum atomic E-state index is -4.37. The third kappa shape index (κ3) is 3.41. The molecule has 0 aliphatic carbocycles. The van der Waals surface area contributed by atoms with Gasteiger partial charge in [-0.05, 0) is 24.3 Å². The Balaban J connectivity index is 2.10. The van der Waals surface area contributed by atoms with E-state index in [2.05, 4.69) is 9.97 Å². The molecule has 1 heterocycles. The maximum absolute atomic E-state index is 12.3. The maximum Gasteiger partial charge on any atom is 0.416 e. The van der Waals surface area contributed by atoms with Crippen molar-refractivity contribution in [3.05, 3.63) is 47.9 Å². The Labute approximate surface area is 106 Å². The fourth-order valence-electron chi connectivity index (χ4n) is 1.31. The molecule has 4 nitrogen and oxygen atoms in total. The van der Waals surface area contributed by atoms with Gasteiger partial charge < -0.3 is 9.84 Å². The van der Waals surface area contributed by atoms with Gasteiger partial charge in [-0.25, -0.2) is 4.98 Å². The number of alkyl halides is 3. The van der Waals surface area contributed by atoms with Crippen molar-refractivity contribution in [2.75, 3.05) is 0 Å². The predicted octanol–water partition coefficient (Wildman–Crippen LogP) is 2.78. The fraction of sp³-hybridized carbons (Fsp3) is 0.167. The molecule has 2 rings (SSSR count). The van der Waals surface area contributed by atoms with Gasteiger partial charge in [0.1, 0.15) is 5.75 Å². The summed E-state index contributed by atoms with van der Waals surface area (Å²) in [6.45, 7) is -0.243. The van der Waals surface area contributed by atoms with Gasteiger partial charge in [0, 0.05) is 0 Å². The molecule has 0 aliphatic rings. The first-order valence-corrected chi connectivity index (χ1v) is 5.26. The van der Waals surface area contributed by atoms with Gasteiger partial charge in [0.2, 0.25) is 5.88 Å². The number of aromatic nitrogens is 2. The standard InChI is InChI=1S/C12H9F3N2O2/c13-12(14,15)8-1-3-10(4-2-8)19-11-6-16-9(7-18)5-17-11/h1-6,18H,7H2. The van der Waals surface area contributed by atoms with E-state index < -0.39 is 11.7 Å². The zero-order chi connectivity index (χ0) is 13.9. The van der Waals surface area contributed by atoms with Crippen LogP contribution in [0.3, 0.4) is 0 Å². The number of ether oxygens (including phenoxy) is 1. The number of rotatable bonds is 3. The van der Waals surface area contributed by atoms with Crippen molar-refractivity contribution in [1.29, 1.82) is 0 Å². The monoisotopic (exact) mass is 270 g/mol. The summed E-state index contributed by atoms with van der Waals surface area (Å²) in [4.78, 5) is 7.68. The summed E-state index contributed by atoms with van der Waals surface area (Å²) >= 11 is 0. The van der Waals surface area contributed by atoms with E-state index in [1.807, 2.05) is 0 Å². The van der Waals surface area contributed by atoms with Crippen LogP contribution in [0.1, 0.15) is 11.3 Å². The molecule has 0 saturated carbocycles. The number of aliphatic hydroxyl groups excluding tert-OH is 1. The molecular formula is C12H9F3N2O2. The molecule has 0 amide bonds. The van der Waals surface area contributed by atoms with E-state index in [-0.39, 0.29) is 18.2 Å². The van der Waals surface area contributed by atoms with Crippen LogP contribution in [-0.4, -0.2) is 15.1 Å². The third-order valence-corrected chi connectivity index (χ3v) is 2.25. The van der Waals surface area contributed by atoms with Crippen molar-refractivity contribution in [2.45, 2.75) is 12.8 Å². The summed E-state index contributed by atoms with van der Waals surface area (Å²) in [6, 6.07) is 4.24. The van der Waals surface area contributed by atoms with Crippen molar-refractivity contribution >= 4 is 0 Å². The van der Waals surface area contributed by atoms with Gasteiger partial charge in [-0.2, -0.15) is 13.2 Å². The van der Waals surface area contributed by atoms with Crippen LogP contribution in [0.2, 0.25) is 0 Å². The normalized spacial score (nSPS) is 11.4. The second-order valence-electron chi connectivity index (χ2n) is 3.63. The van der Waals surface area contributed by atoms with Crippen LogP contribution in [0.25, 0.3) is 0 Å². The average molecular weight is 270 g/mol. The van der Waals surface area contributed by atoms with Gasteiger partial charge in [-0.1, -0.05) is 0 Å². The van der Waals surface area contributed by atoms with E-state index in [4.69, 9.17) is 9.84 Å². The lowest BCUT2D eigenvalue weighted by molar-refractivity contribution is -0.137. The topological polar surface area (TPSA) is 55.2 Å². The molecule has 1 aromatic heterocycles. The highest BCUT2D eigenvalue weighted by Gasteiger charge is 2.30. The Morgan fingerprint density at radius 1 is 1.05 bits per heavy atom. The summed E-state index contributed by atoms with van der Waals surface area (Å²) in [5.41, 5.74) is -0.374. The van der Waals surface area contributed by atoms with Gasteiger partial charge in [-0.3, -0.25) is 4.98 Å². The number of nitrogens with zero attached hydrogens (tertiary/aromatic N) is 2. The minimum absolute atomic E-state index is 0.136. The minimum Gasteiger partial charge on any atom is -0.438 e. The zero-order valence-electron chi connectivity index (χ0n) is 9.55.